The average molecular weight is 313 g/mol. The Morgan fingerprint density at radius 1 is 1.23 bits per heavy atom. The Kier molecular flexibility index (Phi) is 4.10. The molecule has 4 rings (SSSR count). The van der Waals surface area contributed by atoms with E-state index < -0.39 is 17.6 Å². The molecule has 1 aromatic carbocycles. The highest BCUT2D eigenvalue weighted by atomic mass is 19.4. The number of halogens is 3. The number of amides is 1. The van der Waals surface area contributed by atoms with Crippen molar-refractivity contribution in [2.45, 2.75) is 12.2 Å². The summed E-state index contributed by atoms with van der Waals surface area (Å²) in [6.45, 7) is 5.46. The molecular formula is C15H18F3N3O. The van der Waals surface area contributed by atoms with E-state index in [1.807, 2.05) is 0 Å². The first-order valence-electron chi connectivity index (χ1n) is 7.35. The van der Waals surface area contributed by atoms with Gasteiger partial charge in [0.2, 0.25) is 0 Å². The summed E-state index contributed by atoms with van der Waals surface area (Å²) in [4.78, 5) is 16.7. The number of piperazine rings is 3. The molecule has 1 N–H and O–H groups in total. The van der Waals surface area contributed by atoms with Crippen molar-refractivity contribution in [2.75, 3.05) is 39.3 Å². The monoisotopic (exact) mass is 313 g/mol. The summed E-state index contributed by atoms with van der Waals surface area (Å²) in [6, 6.07) is 4.77. The molecule has 7 heteroatoms. The Labute approximate surface area is 126 Å². The first-order chi connectivity index (χ1) is 10.4. The van der Waals surface area contributed by atoms with Crippen molar-refractivity contribution in [3.8, 4) is 0 Å². The predicted molar refractivity (Wildman–Crippen MR) is 75.6 cm³/mol. The summed E-state index contributed by atoms with van der Waals surface area (Å²) < 4.78 is 38.0. The number of fused-ring (bicyclic) bond motifs is 3. The zero-order valence-corrected chi connectivity index (χ0v) is 12.1. The lowest BCUT2D eigenvalue weighted by atomic mass is 10.1. The van der Waals surface area contributed by atoms with Crippen LogP contribution in [0.3, 0.4) is 0 Å². The largest absolute Gasteiger partial charge is 0.416 e. The molecule has 1 amide bonds. The molecule has 22 heavy (non-hydrogen) atoms. The molecule has 3 fully saturated rings. The highest BCUT2D eigenvalue weighted by Gasteiger charge is 2.33. The zero-order valence-electron chi connectivity index (χ0n) is 12.1. The van der Waals surface area contributed by atoms with Gasteiger partial charge in [-0.15, -0.1) is 0 Å². The van der Waals surface area contributed by atoms with Gasteiger partial charge in [-0.25, -0.2) is 0 Å². The third kappa shape index (κ3) is 3.25. The van der Waals surface area contributed by atoms with Crippen LogP contribution in [-0.2, 0) is 6.18 Å². The van der Waals surface area contributed by atoms with Gasteiger partial charge in [0.25, 0.3) is 5.91 Å². The van der Waals surface area contributed by atoms with Crippen molar-refractivity contribution in [2.24, 2.45) is 0 Å². The molecule has 0 spiro atoms. The molecule has 1 unspecified atom stereocenters. The topological polar surface area (TPSA) is 35.6 Å². The molecule has 0 aromatic heterocycles. The average Bonchev–Trinajstić information content (AvgIpc) is 2.53. The number of hydrogen-bond donors (Lipinski definition) is 1. The molecule has 3 aliphatic rings. The molecule has 3 heterocycles. The molecule has 1 aromatic rings. The summed E-state index contributed by atoms with van der Waals surface area (Å²) >= 11 is 0. The van der Waals surface area contributed by atoms with Crippen molar-refractivity contribution in [3.63, 3.8) is 0 Å². The molecule has 0 aliphatic carbocycles. The van der Waals surface area contributed by atoms with Crippen LogP contribution in [0.4, 0.5) is 13.2 Å². The number of nitrogens with zero attached hydrogens (tertiary/aromatic N) is 2. The van der Waals surface area contributed by atoms with Crippen LogP contribution in [0.2, 0.25) is 0 Å². The van der Waals surface area contributed by atoms with Gasteiger partial charge in [0, 0.05) is 50.9 Å². The number of carbonyl (C=O) groups excluding carboxylic acids is 1. The molecule has 120 valence electrons. The Morgan fingerprint density at radius 3 is 2.55 bits per heavy atom. The van der Waals surface area contributed by atoms with E-state index in [9.17, 15) is 18.0 Å². The number of rotatable bonds is 3. The number of alkyl halides is 3. The second-order valence-corrected chi connectivity index (χ2v) is 5.78. The van der Waals surface area contributed by atoms with E-state index in [1.54, 1.807) is 0 Å². The van der Waals surface area contributed by atoms with E-state index in [2.05, 4.69) is 15.1 Å². The van der Waals surface area contributed by atoms with E-state index >= 15 is 0 Å². The maximum atomic E-state index is 12.7. The standard InChI is InChI=1S/C15H18F3N3O/c16-15(17,18)12-3-1-2-11(8-12)14(22)19-9-13-10-20-4-6-21(13)7-5-20/h1-3,8,13H,4-7,9-10H2,(H,19,22). The van der Waals surface area contributed by atoms with Crippen LogP contribution in [0.5, 0.6) is 0 Å². The number of nitrogens with one attached hydrogen (secondary N) is 1. The van der Waals surface area contributed by atoms with Crippen LogP contribution in [0.15, 0.2) is 24.3 Å². The predicted octanol–water partition coefficient (Wildman–Crippen LogP) is 1.44. The number of benzene rings is 1. The van der Waals surface area contributed by atoms with Crippen LogP contribution in [0, 0.1) is 0 Å². The van der Waals surface area contributed by atoms with Crippen molar-refractivity contribution in [3.05, 3.63) is 35.4 Å². The van der Waals surface area contributed by atoms with Crippen LogP contribution >= 0.6 is 0 Å². The molecule has 0 saturated carbocycles. The van der Waals surface area contributed by atoms with Gasteiger partial charge in [0.1, 0.15) is 0 Å². The highest BCUT2D eigenvalue weighted by molar-refractivity contribution is 5.94. The van der Waals surface area contributed by atoms with Crippen LogP contribution in [0.25, 0.3) is 0 Å². The second kappa shape index (κ2) is 5.89. The van der Waals surface area contributed by atoms with Crippen LogP contribution in [0.1, 0.15) is 15.9 Å². The fourth-order valence-corrected chi connectivity index (χ4v) is 3.07. The van der Waals surface area contributed by atoms with E-state index in [0.717, 1.165) is 44.9 Å². The summed E-state index contributed by atoms with van der Waals surface area (Å²) in [5, 5.41) is 2.76. The summed E-state index contributed by atoms with van der Waals surface area (Å²) in [6.07, 6.45) is -4.43. The third-order valence-electron chi connectivity index (χ3n) is 4.34. The van der Waals surface area contributed by atoms with Crippen molar-refractivity contribution in [1.29, 1.82) is 0 Å². The van der Waals surface area contributed by atoms with Gasteiger partial charge in [0.05, 0.1) is 5.56 Å². The first kappa shape index (κ1) is 15.3. The lowest BCUT2D eigenvalue weighted by Gasteiger charge is -2.47. The van der Waals surface area contributed by atoms with E-state index in [4.69, 9.17) is 0 Å². The van der Waals surface area contributed by atoms with Crippen molar-refractivity contribution in [1.82, 2.24) is 15.1 Å². The summed E-state index contributed by atoms with van der Waals surface area (Å²) in [5.41, 5.74) is -0.752. The van der Waals surface area contributed by atoms with Crippen LogP contribution in [-0.4, -0.2) is 61.0 Å². The Bertz CT molecular complexity index is 553. The van der Waals surface area contributed by atoms with Gasteiger partial charge in [-0.05, 0) is 18.2 Å². The van der Waals surface area contributed by atoms with Gasteiger partial charge in [0.15, 0.2) is 0 Å². The zero-order chi connectivity index (χ0) is 15.7. The van der Waals surface area contributed by atoms with Gasteiger partial charge in [-0.3, -0.25) is 14.6 Å². The normalized spacial score (nSPS) is 27.7. The summed E-state index contributed by atoms with van der Waals surface area (Å²) in [5.74, 6) is -0.455. The Hall–Kier alpha value is -1.60. The fourth-order valence-electron chi connectivity index (χ4n) is 3.07. The molecule has 3 saturated heterocycles. The Morgan fingerprint density at radius 2 is 1.95 bits per heavy atom. The quantitative estimate of drug-likeness (QED) is 0.917. The van der Waals surface area contributed by atoms with E-state index in [-0.39, 0.29) is 11.6 Å². The number of hydrogen-bond acceptors (Lipinski definition) is 3. The molecule has 3 aliphatic heterocycles. The van der Waals surface area contributed by atoms with E-state index in [1.165, 1.54) is 12.1 Å². The van der Waals surface area contributed by atoms with Gasteiger partial charge >= 0.3 is 6.18 Å². The summed E-state index contributed by atoms with van der Waals surface area (Å²) in [7, 11) is 0. The van der Waals surface area contributed by atoms with Gasteiger partial charge < -0.3 is 5.32 Å². The minimum absolute atomic E-state index is 0.0473. The van der Waals surface area contributed by atoms with Gasteiger partial charge in [-0.2, -0.15) is 13.2 Å². The minimum Gasteiger partial charge on any atom is -0.350 e. The van der Waals surface area contributed by atoms with E-state index in [0.29, 0.717) is 6.54 Å². The van der Waals surface area contributed by atoms with Crippen LogP contribution < -0.4 is 5.32 Å². The molecular weight excluding hydrogens is 295 g/mol. The smallest absolute Gasteiger partial charge is 0.350 e. The fraction of sp³-hybridized carbons (Fsp3) is 0.533. The maximum absolute atomic E-state index is 12.7. The van der Waals surface area contributed by atoms with Gasteiger partial charge in [-0.1, -0.05) is 6.07 Å². The molecule has 0 radical (unpaired) electrons. The lowest BCUT2D eigenvalue weighted by molar-refractivity contribution is -0.137. The second-order valence-electron chi connectivity index (χ2n) is 5.78. The Balaban J connectivity index is 1.60. The SMILES string of the molecule is O=C(NCC1CN2CCN1CC2)c1cccc(C(F)(F)F)c1. The number of carbonyl (C=O) groups is 1. The highest BCUT2D eigenvalue weighted by Crippen LogP contribution is 2.29. The molecule has 2 bridgehead atoms. The maximum Gasteiger partial charge on any atom is 0.416 e. The van der Waals surface area contributed by atoms with Crippen molar-refractivity contribution < 1.29 is 18.0 Å². The molecule has 1 atom stereocenters. The molecule has 4 nitrogen and oxygen atoms in total. The lowest BCUT2D eigenvalue weighted by Crippen LogP contribution is -2.63. The first-order valence-corrected chi connectivity index (χ1v) is 7.35. The van der Waals surface area contributed by atoms with Crippen molar-refractivity contribution >= 4 is 5.91 Å². The minimum atomic E-state index is -4.43. The third-order valence-corrected chi connectivity index (χ3v) is 4.34.